The zero-order valence-electron chi connectivity index (χ0n) is 15.1. The number of benzene rings is 2. The van der Waals surface area contributed by atoms with Crippen molar-refractivity contribution in [3.05, 3.63) is 65.1 Å². The number of amides is 1. The SMILES string of the molecule is C[C@@H](C(=O)NCCn1nnn(-c2ccccc2)c1=O)n1nc2ccccc2n1. The zero-order chi connectivity index (χ0) is 19.5. The predicted octanol–water partition coefficient (Wildman–Crippen LogP) is 0.551. The number of hydrogen-bond donors (Lipinski definition) is 1. The Balaban J connectivity index is 1.38. The second-order valence-corrected chi connectivity index (χ2v) is 6.21. The highest BCUT2D eigenvalue weighted by Gasteiger charge is 2.18. The van der Waals surface area contributed by atoms with Crippen LogP contribution in [0.15, 0.2) is 59.4 Å². The lowest BCUT2D eigenvalue weighted by atomic mass is 10.3. The smallest absolute Gasteiger partial charge is 0.352 e. The van der Waals surface area contributed by atoms with Crippen LogP contribution in [0.3, 0.4) is 0 Å². The third-order valence-corrected chi connectivity index (χ3v) is 4.29. The highest BCUT2D eigenvalue weighted by atomic mass is 16.2. The van der Waals surface area contributed by atoms with Crippen molar-refractivity contribution >= 4 is 16.9 Å². The normalized spacial score (nSPS) is 12.2. The summed E-state index contributed by atoms with van der Waals surface area (Å²) in [7, 11) is 0. The molecule has 10 heteroatoms. The van der Waals surface area contributed by atoms with E-state index in [1.807, 2.05) is 42.5 Å². The summed E-state index contributed by atoms with van der Waals surface area (Å²) in [6, 6.07) is 15.9. The molecule has 0 aliphatic carbocycles. The molecule has 0 aliphatic heterocycles. The van der Waals surface area contributed by atoms with Crippen molar-refractivity contribution in [3.63, 3.8) is 0 Å². The molecule has 2 aromatic carbocycles. The van der Waals surface area contributed by atoms with Crippen LogP contribution in [-0.4, -0.2) is 47.2 Å². The summed E-state index contributed by atoms with van der Waals surface area (Å²) in [5.74, 6) is -0.246. The number of fused-ring (bicyclic) bond motifs is 1. The summed E-state index contributed by atoms with van der Waals surface area (Å²) in [5, 5.41) is 19.1. The number of carbonyl (C=O) groups excluding carboxylic acids is 1. The number of rotatable bonds is 6. The number of hydrogen-bond acceptors (Lipinski definition) is 6. The molecule has 0 saturated heterocycles. The molecule has 1 atom stereocenters. The van der Waals surface area contributed by atoms with Crippen LogP contribution < -0.4 is 11.0 Å². The van der Waals surface area contributed by atoms with Crippen LogP contribution in [0.1, 0.15) is 13.0 Å². The van der Waals surface area contributed by atoms with E-state index in [4.69, 9.17) is 0 Å². The second kappa shape index (κ2) is 7.43. The Morgan fingerprint density at radius 2 is 1.64 bits per heavy atom. The van der Waals surface area contributed by atoms with Gasteiger partial charge in [-0.1, -0.05) is 30.3 Å². The molecule has 10 nitrogen and oxygen atoms in total. The first kappa shape index (κ1) is 17.6. The van der Waals surface area contributed by atoms with Crippen molar-refractivity contribution in [1.82, 2.24) is 40.1 Å². The fraction of sp³-hybridized carbons (Fsp3) is 0.222. The summed E-state index contributed by atoms with van der Waals surface area (Å²) in [6.07, 6.45) is 0. The molecule has 0 saturated carbocycles. The van der Waals surface area contributed by atoms with Crippen molar-refractivity contribution in [2.45, 2.75) is 19.5 Å². The van der Waals surface area contributed by atoms with Crippen molar-refractivity contribution < 1.29 is 4.79 Å². The van der Waals surface area contributed by atoms with Crippen LogP contribution >= 0.6 is 0 Å². The maximum Gasteiger partial charge on any atom is 0.368 e. The number of nitrogens with zero attached hydrogens (tertiary/aromatic N) is 7. The van der Waals surface area contributed by atoms with Crippen molar-refractivity contribution in [1.29, 1.82) is 0 Å². The topological polar surface area (TPSA) is 113 Å². The molecular weight excluding hydrogens is 360 g/mol. The molecule has 2 heterocycles. The molecule has 1 amide bonds. The Bertz CT molecular complexity index is 1130. The van der Waals surface area contributed by atoms with E-state index in [0.29, 0.717) is 5.69 Å². The highest BCUT2D eigenvalue weighted by Crippen LogP contribution is 2.11. The van der Waals surface area contributed by atoms with Gasteiger partial charge in [-0.25, -0.2) is 4.79 Å². The standard InChI is InChI=1S/C18H18N8O2/c1-13(26-20-15-9-5-6-10-16(15)21-26)17(27)19-11-12-24-18(28)25(23-22-24)14-7-3-2-4-8-14/h2-10,13H,11-12H2,1H3,(H,19,27)/t13-/m0/s1. The molecule has 1 N–H and O–H groups in total. The van der Waals surface area contributed by atoms with Gasteiger partial charge in [0.25, 0.3) is 0 Å². The van der Waals surface area contributed by atoms with Gasteiger partial charge in [0.05, 0.1) is 12.2 Å². The summed E-state index contributed by atoms with van der Waals surface area (Å²) in [6.45, 7) is 2.15. The lowest BCUT2D eigenvalue weighted by molar-refractivity contribution is -0.124. The quantitative estimate of drug-likeness (QED) is 0.524. The van der Waals surface area contributed by atoms with Gasteiger partial charge >= 0.3 is 5.69 Å². The molecule has 2 aromatic heterocycles. The molecular formula is C18H18N8O2. The minimum atomic E-state index is -0.580. The number of carbonyl (C=O) groups is 1. The monoisotopic (exact) mass is 378 g/mol. The van der Waals surface area contributed by atoms with E-state index in [2.05, 4.69) is 25.9 Å². The first-order valence-electron chi connectivity index (χ1n) is 8.81. The average Bonchev–Trinajstić information content (AvgIpc) is 3.32. The fourth-order valence-corrected chi connectivity index (χ4v) is 2.73. The van der Waals surface area contributed by atoms with E-state index in [-0.39, 0.29) is 24.7 Å². The van der Waals surface area contributed by atoms with E-state index in [9.17, 15) is 9.59 Å². The van der Waals surface area contributed by atoms with Crippen LogP contribution in [0, 0.1) is 0 Å². The largest absolute Gasteiger partial charge is 0.368 e. The van der Waals surface area contributed by atoms with Gasteiger partial charge < -0.3 is 5.32 Å². The van der Waals surface area contributed by atoms with Crippen LogP contribution in [0.5, 0.6) is 0 Å². The molecule has 0 fully saturated rings. The zero-order valence-corrected chi connectivity index (χ0v) is 15.1. The number of aromatic nitrogens is 7. The predicted molar refractivity (Wildman–Crippen MR) is 101 cm³/mol. The third kappa shape index (κ3) is 3.39. The lowest BCUT2D eigenvalue weighted by Gasteiger charge is -2.10. The molecule has 0 bridgehead atoms. The van der Waals surface area contributed by atoms with Gasteiger partial charge in [0.15, 0.2) is 0 Å². The van der Waals surface area contributed by atoms with Crippen LogP contribution in [0.2, 0.25) is 0 Å². The van der Waals surface area contributed by atoms with Gasteiger partial charge in [0.1, 0.15) is 17.1 Å². The van der Waals surface area contributed by atoms with E-state index >= 15 is 0 Å². The lowest BCUT2D eigenvalue weighted by Crippen LogP contribution is -2.36. The molecule has 0 radical (unpaired) electrons. The molecule has 0 aliphatic rings. The molecule has 4 aromatic rings. The Kier molecular flexibility index (Phi) is 4.67. The maximum atomic E-state index is 12.4. The molecule has 4 rings (SSSR count). The van der Waals surface area contributed by atoms with Crippen LogP contribution in [0.25, 0.3) is 16.7 Å². The van der Waals surface area contributed by atoms with Crippen molar-refractivity contribution in [2.24, 2.45) is 0 Å². The molecule has 0 unspecified atom stereocenters. The first-order valence-corrected chi connectivity index (χ1v) is 8.81. The second-order valence-electron chi connectivity index (χ2n) is 6.21. The summed E-state index contributed by atoms with van der Waals surface area (Å²) in [4.78, 5) is 26.1. The number of para-hydroxylation sites is 1. The molecule has 28 heavy (non-hydrogen) atoms. The van der Waals surface area contributed by atoms with Gasteiger partial charge in [-0.05, 0) is 41.6 Å². The highest BCUT2D eigenvalue weighted by molar-refractivity contribution is 5.80. The Morgan fingerprint density at radius 1 is 1.00 bits per heavy atom. The van der Waals surface area contributed by atoms with E-state index in [1.165, 1.54) is 14.2 Å². The summed E-state index contributed by atoms with van der Waals surface area (Å²) in [5.41, 5.74) is 1.72. The van der Waals surface area contributed by atoms with Gasteiger partial charge in [-0.3, -0.25) is 4.79 Å². The third-order valence-electron chi connectivity index (χ3n) is 4.29. The number of nitrogens with one attached hydrogen (secondary N) is 1. The van der Waals surface area contributed by atoms with Gasteiger partial charge in [-0.2, -0.15) is 24.4 Å². The van der Waals surface area contributed by atoms with Crippen LogP contribution in [0.4, 0.5) is 0 Å². The first-order chi connectivity index (χ1) is 13.6. The Morgan fingerprint density at radius 3 is 2.32 bits per heavy atom. The summed E-state index contributed by atoms with van der Waals surface area (Å²) >= 11 is 0. The molecule has 0 spiro atoms. The molecule has 142 valence electrons. The number of tetrazole rings is 1. The van der Waals surface area contributed by atoms with Gasteiger partial charge in [0, 0.05) is 6.54 Å². The van der Waals surface area contributed by atoms with Gasteiger partial charge in [-0.15, -0.1) is 0 Å². The van der Waals surface area contributed by atoms with E-state index in [0.717, 1.165) is 11.0 Å². The maximum absolute atomic E-state index is 12.4. The van der Waals surface area contributed by atoms with Crippen molar-refractivity contribution in [3.8, 4) is 5.69 Å². The minimum Gasteiger partial charge on any atom is -0.352 e. The van der Waals surface area contributed by atoms with E-state index < -0.39 is 6.04 Å². The van der Waals surface area contributed by atoms with E-state index in [1.54, 1.807) is 19.1 Å². The van der Waals surface area contributed by atoms with Gasteiger partial charge in [0.2, 0.25) is 5.91 Å². The minimum absolute atomic E-state index is 0.207. The summed E-state index contributed by atoms with van der Waals surface area (Å²) < 4.78 is 2.42. The fourth-order valence-electron chi connectivity index (χ4n) is 2.73. The average molecular weight is 378 g/mol. The Labute approximate surface area is 159 Å². The van der Waals surface area contributed by atoms with Crippen molar-refractivity contribution in [2.75, 3.05) is 6.54 Å². The Hall–Kier alpha value is -3.82. The van der Waals surface area contributed by atoms with Crippen LogP contribution in [-0.2, 0) is 11.3 Å².